The predicted molar refractivity (Wildman–Crippen MR) is 257 cm³/mol. The second-order valence-corrected chi connectivity index (χ2v) is 15.7. The molecular weight excluding hydrogens is 793 g/mol. The summed E-state index contributed by atoms with van der Waals surface area (Å²) in [6.45, 7) is 0.473. The fourth-order valence-electron chi connectivity index (χ4n) is 8.89. The normalized spacial score (nSPS) is 11.2. The third-order valence-corrected chi connectivity index (χ3v) is 12.0. The molecule has 0 bridgehead atoms. The molecular formula is C58H42O6. The average molecular weight is 835 g/mol. The average Bonchev–Trinajstić information content (AvgIpc) is 3.36. The second kappa shape index (κ2) is 17.3. The molecule has 6 heteroatoms. The molecule has 0 fully saturated rings. The summed E-state index contributed by atoms with van der Waals surface area (Å²) in [6.07, 6.45) is 0. The number of esters is 2. The first-order valence-electron chi connectivity index (χ1n) is 21.2. The van der Waals surface area contributed by atoms with Gasteiger partial charge in [0.15, 0.2) is 0 Å². The molecule has 0 heterocycles. The maximum absolute atomic E-state index is 12.8. The number of hydrogen-bond donors (Lipinski definition) is 0. The molecule has 6 nitrogen and oxygen atoms in total. The predicted octanol–water partition coefficient (Wildman–Crippen LogP) is 14.0. The molecule has 0 atom stereocenters. The Morgan fingerprint density at radius 1 is 0.359 bits per heavy atom. The van der Waals surface area contributed by atoms with Gasteiger partial charge < -0.3 is 18.9 Å². The van der Waals surface area contributed by atoms with E-state index in [0.29, 0.717) is 22.6 Å². The van der Waals surface area contributed by atoms with Crippen LogP contribution in [0.2, 0.25) is 0 Å². The third kappa shape index (κ3) is 7.45. The van der Waals surface area contributed by atoms with Gasteiger partial charge >= 0.3 is 11.9 Å². The molecule has 0 aromatic heterocycles. The summed E-state index contributed by atoms with van der Waals surface area (Å²) in [4.78, 5) is 25.6. The number of carbonyl (C=O) groups is 2. The molecule has 0 radical (unpaired) electrons. The van der Waals surface area contributed by atoms with Crippen LogP contribution >= 0.6 is 0 Å². The quantitative estimate of drug-likeness (QED) is 0.121. The first-order valence-corrected chi connectivity index (χ1v) is 21.2. The molecule has 0 saturated carbocycles. The van der Waals surface area contributed by atoms with Crippen molar-refractivity contribution in [2.24, 2.45) is 0 Å². The van der Waals surface area contributed by atoms with Crippen LogP contribution in [0, 0.1) is 0 Å². The highest BCUT2D eigenvalue weighted by Gasteiger charge is 2.22. The lowest BCUT2D eigenvalue weighted by atomic mass is 9.90. The zero-order valence-electron chi connectivity index (χ0n) is 35.3. The van der Waals surface area contributed by atoms with E-state index < -0.39 is 0 Å². The summed E-state index contributed by atoms with van der Waals surface area (Å²) in [6, 6.07) is 65.4. The van der Waals surface area contributed by atoms with Crippen LogP contribution < -0.4 is 9.47 Å². The van der Waals surface area contributed by atoms with Gasteiger partial charge in [0.1, 0.15) is 24.7 Å². The molecule has 0 spiro atoms. The van der Waals surface area contributed by atoms with E-state index in [0.717, 1.165) is 87.6 Å². The zero-order valence-corrected chi connectivity index (χ0v) is 35.3. The summed E-state index contributed by atoms with van der Waals surface area (Å²) in [5.74, 6) is 0.584. The number of hydrogen-bond acceptors (Lipinski definition) is 6. The Morgan fingerprint density at radius 3 is 1.19 bits per heavy atom. The Morgan fingerprint density at radius 2 is 0.766 bits per heavy atom. The highest BCUT2D eigenvalue weighted by Crippen LogP contribution is 2.47. The van der Waals surface area contributed by atoms with Crippen molar-refractivity contribution in [2.45, 2.75) is 13.2 Å². The molecule has 310 valence electrons. The van der Waals surface area contributed by atoms with Gasteiger partial charge in [-0.2, -0.15) is 0 Å². The molecule has 64 heavy (non-hydrogen) atoms. The van der Waals surface area contributed by atoms with Crippen LogP contribution in [0.25, 0.3) is 76.5 Å². The van der Waals surface area contributed by atoms with E-state index in [1.807, 2.05) is 72.8 Å². The molecule has 0 saturated heterocycles. The van der Waals surface area contributed by atoms with E-state index in [1.165, 1.54) is 14.2 Å². The van der Waals surface area contributed by atoms with E-state index in [2.05, 4.69) is 109 Å². The molecule has 0 aliphatic rings. The molecule has 0 N–H and O–H groups in total. The van der Waals surface area contributed by atoms with Crippen LogP contribution in [0.5, 0.6) is 11.5 Å². The number of ether oxygens (including phenoxy) is 4. The van der Waals surface area contributed by atoms with Gasteiger partial charge in [0, 0.05) is 11.1 Å². The number of fused-ring (bicyclic) bond motifs is 4. The van der Waals surface area contributed by atoms with Gasteiger partial charge in [-0.3, -0.25) is 0 Å². The Bertz CT molecular complexity index is 3170. The fourth-order valence-corrected chi connectivity index (χ4v) is 8.89. The van der Waals surface area contributed by atoms with E-state index in [9.17, 15) is 9.59 Å². The van der Waals surface area contributed by atoms with Gasteiger partial charge in [-0.1, -0.05) is 158 Å². The largest absolute Gasteiger partial charge is 0.488 e. The number of methoxy groups -OCH3 is 2. The maximum atomic E-state index is 12.8. The van der Waals surface area contributed by atoms with Gasteiger partial charge in [-0.05, 0) is 113 Å². The minimum absolute atomic E-state index is 0.236. The fraction of sp³-hybridized carbons (Fsp3) is 0.0690. The zero-order chi connectivity index (χ0) is 43.6. The highest BCUT2D eigenvalue weighted by molar-refractivity contribution is 6.11. The van der Waals surface area contributed by atoms with Gasteiger partial charge in [0.2, 0.25) is 0 Å². The lowest BCUT2D eigenvalue weighted by Crippen LogP contribution is -2.04. The Labute approximate surface area is 370 Å². The van der Waals surface area contributed by atoms with Crippen molar-refractivity contribution in [3.8, 4) is 44.9 Å². The van der Waals surface area contributed by atoms with Gasteiger partial charge in [0.25, 0.3) is 0 Å². The van der Waals surface area contributed by atoms with E-state index in [-0.39, 0.29) is 25.2 Å². The van der Waals surface area contributed by atoms with Crippen molar-refractivity contribution < 1.29 is 28.5 Å². The number of carbonyl (C=O) groups excluding carboxylic acids is 2. The highest BCUT2D eigenvalue weighted by atomic mass is 16.5. The summed E-state index contributed by atoms with van der Waals surface area (Å²) in [7, 11) is 2.80. The smallest absolute Gasteiger partial charge is 0.338 e. The summed E-state index contributed by atoms with van der Waals surface area (Å²) in [5.41, 5.74) is 9.12. The molecule has 10 aromatic carbocycles. The van der Waals surface area contributed by atoms with E-state index >= 15 is 0 Å². The number of rotatable bonds is 11. The van der Waals surface area contributed by atoms with Gasteiger partial charge in [-0.25, -0.2) is 9.59 Å². The number of benzene rings is 10. The summed E-state index contributed by atoms with van der Waals surface area (Å²) in [5, 5.41) is 7.51. The van der Waals surface area contributed by atoms with Crippen molar-refractivity contribution in [1.82, 2.24) is 0 Å². The first kappa shape index (κ1) is 39.9. The van der Waals surface area contributed by atoms with Crippen LogP contribution in [-0.2, 0) is 22.7 Å². The topological polar surface area (TPSA) is 71.1 Å². The lowest BCUT2D eigenvalue weighted by Gasteiger charge is -2.21. The Kier molecular flexibility index (Phi) is 10.8. The summed E-state index contributed by atoms with van der Waals surface area (Å²) >= 11 is 0. The molecule has 10 aromatic rings. The minimum atomic E-state index is -0.387. The van der Waals surface area contributed by atoms with Gasteiger partial charge in [-0.15, -0.1) is 0 Å². The monoisotopic (exact) mass is 834 g/mol. The SMILES string of the molecule is COC(=O)c1cccc2c(COc3ccc4cc(-c5ccccc5)ccc4c3-c3c(OCc4cccc5c(C(=O)OC)cccc45)ccc4cc(-c5ccccc5)ccc34)cccc12. The molecule has 0 amide bonds. The van der Waals surface area contributed by atoms with Crippen molar-refractivity contribution in [1.29, 1.82) is 0 Å². The Hall–Kier alpha value is -8.22. The van der Waals surface area contributed by atoms with Crippen LogP contribution in [0.4, 0.5) is 0 Å². The van der Waals surface area contributed by atoms with Crippen LogP contribution in [-0.4, -0.2) is 26.2 Å². The molecule has 10 rings (SSSR count). The van der Waals surface area contributed by atoms with Crippen LogP contribution in [0.1, 0.15) is 31.8 Å². The second-order valence-electron chi connectivity index (χ2n) is 15.7. The van der Waals surface area contributed by atoms with E-state index in [1.54, 1.807) is 12.1 Å². The third-order valence-electron chi connectivity index (χ3n) is 12.0. The van der Waals surface area contributed by atoms with Crippen molar-refractivity contribution >= 4 is 55.0 Å². The maximum Gasteiger partial charge on any atom is 0.338 e. The standard InChI is InChI=1S/C58H42O6/c1-61-57(59)51-23-11-19-45-43(17-9-21-49(45)51)35-63-53-31-27-41-33-39(37-13-5-3-6-14-37)25-29-47(41)55(53)56-48-30-26-40(38-15-7-4-8-16-38)34-42(48)28-32-54(56)64-36-44-18-10-22-50-46(44)20-12-24-52(50)58(60)62-2/h3-34H,35-36H2,1-2H3. The van der Waals surface area contributed by atoms with E-state index in [4.69, 9.17) is 18.9 Å². The lowest BCUT2D eigenvalue weighted by molar-refractivity contribution is 0.0594. The van der Waals surface area contributed by atoms with Crippen molar-refractivity contribution in [2.75, 3.05) is 14.2 Å². The van der Waals surface area contributed by atoms with Crippen molar-refractivity contribution in [3.63, 3.8) is 0 Å². The van der Waals surface area contributed by atoms with Crippen LogP contribution in [0.3, 0.4) is 0 Å². The Balaban J connectivity index is 1.16. The van der Waals surface area contributed by atoms with Gasteiger partial charge in [0.05, 0.1) is 25.3 Å². The molecule has 0 aliphatic carbocycles. The minimum Gasteiger partial charge on any atom is -0.488 e. The summed E-state index contributed by atoms with van der Waals surface area (Å²) < 4.78 is 24.2. The van der Waals surface area contributed by atoms with Crippen molar-refractivity contribution in [3.05, 3.63) is 216 Å². The first-order chi connectivity index (χ1) is 31.5. The molecule has 0 unspecified atom stereocenters. The molecule has 0 aliphatic heterocycles. The van der Waals surface area contributed by atoms with Crippen LogP contribution in [0.15, 0.2) is 194 Å².